The van der Waals surface area contributed by atoms with Gasteiger partial charge < -0.3 is 10.1 Å². The Labute approximate surface area is 162 Å². The van der Waals surface area contributed by atoms with Crippen LogP contribution in [0.2, 0.25) is 0 Å². The van der Waals surface area contributed by atoms with Gasteiger partial charge in [0, 0.05) is 23.1 Å². The maximum atomic E-state index is 12.2. The van der Waals surface area contributed by atoms with Crippen LogP contribution < -0.4 is 14.8 Å². The Morgan fingerprint density at radius 1 is 1.15 bits per heavy atom. The fourth-order valence-electron chi connectivity index (χ4n) is 2.24. The monoisotopic (exact) mass is 440 g/mol. The number of hydrogen-bond acceptors (Lipinski definition) is 4. The summed E-state index contributed by atoms with van der Waals surface area (Å²) in [7, 11) is -3.67. The van der Waals surface area contributed by atoms with Crippen LogP contribution in [0.15, 0.2) is 51.8 Å². The van der Waals surface area contributed by atoms with Crippen LogP contribution in [0.1, 0.15) is 18.9 Å². The topological polar surface area (TPSA) is 84.5 Å². The molecule has 0 heterocycles. The number of nitrogens with one attached hydrogen (secondary N) is 2. The fourth-order valence-corrected chi connectivity index (χ4v) is 3.75. The summed E-state index contributed by atoms with van der Waals surface area (Å²) >= 11 is 3.36. The van der Waals surface area contributed by atoms with Crippen molar-refractivity contribution in [2.75, 3.05) is 18.5 Å². The van der Waals surface area contributed by atoms with Gasteiger partial charge in [0.05, 0.1) is 11.5 Å². The van der Waals surface area contributed by atoms with Crippen LogP contribution in [0.3, 0.4) is 0 Å². The van der Waals surface area contributed by atoms with E-state index in [-0.39, 0.29) is 23.8 Å². The van der Waals surface area contributed by atoms with Crippen molar-refractivity contribution in [2.45, 2.75) is 25.2 Å². The number of carbonyl (C=O) groups is 1. The standard InChI is InChI=1S/C18H21BrN2O4S/c1-3-25-15-5-7-16(8-6-15)26(23,24)20-11-10-18(22)21-17-9-4-14(19)12-13(17)2/h4-9,12,20H,3,10-11H2,1-2H3,(H,21,22). The SMILES string of the molecule is CCOc1ccc(S(=O)(=O)NCCC(=O)Nc2ccc(Br)cc2C)cc1. The summed E-state index contributed by atoms with van der Waals surface area (Å²) < 4.78 is 33.1. The third-order valence-corrected chi connectivity index (χ3v) is 5.52. The number of aryl methyl sites for hydroxylation is 1. The molecule has 2 aromatic carbocycles. The third-order valence-electron chi connectivity index (χ3n) is 3.55. The lowest BCUT2D eigenvalue weighted by Gasteiger charge is -2.10. The molecule has 0 atom stereocenters. The summed E-state index contributed by atoms with van der Waals surface area (Å²) in [6.45, 7) is 4.26. The number of benzene rings is 2. The molecule has 6 nitrogen and oxygen atoms in total. The van der Waals surface area contributed by atoms with Gasteiger partial charge in [-0.2, -0.15) is 0 Å². The van der Waals surface area contributed by atoms with Crippen LogP contribution in [-0.2, 0) is 14.8 Å². The van der Waals surface area contributed by atoms with Crippen LogP contribution in [0.25, 0.3) is 0 Å². The maximum Gasteiger partial charge on any atom is 0.240 e. The second-order valence-electron chi connectivity index (χ2n) is 5.56. The Bertz CT molecular complexity index is 867. The summed E-state index contributed by atoms with van der Waals surface area (Å²) in [6, 6.07) is 11.7. The van der Waals surface area contributed by atoms with Crippen molar-refractivity contribution >= 4 is 37.5 Å². The summed E-state index contributed by atoms with van der Waals surface area (Å²) in [5, 5.41) is 2.77. The average Bonchev–Trinajstić information content (AvgIpc) is 2.58. The van der Waals surface area contributed by atoms with E-state index in [0.29, 0.717) is 18.0 Å². The Balaban J connectivity index is 1.88. The molecule has 0 aliphatic rings. The average molecular weight is 441 g/mol. The lowest BCUT2D eigenvalue weighted by atomic mass is 10.2. The van der Waals surface area contributed by atoms with Crippen molar-refractivity contribution in [2.24, 2.45) is 0 Å². The maximum absolute atomic E-state index is 12.2. The quantitative estimate of drug-likeness (QED) is 0.657. The molecule has 0 aliphatic carbocycles. The molecule has 8 heteroatoms. The lowest BCUT2D eigenvalue weighted by molar-refractivity contribution is -0.116. The molecule has 1 amide bonds. The first-order valence-electron chi connectivity index (χ1n) is 8.10. The zero-order valence-electron chi connectivity index (χ0n) is 14.6. The normalized spacial score (nSPS) is 11.2. The highest BCUT2D eigenvalue weighted by Crippen LogP contribution is 2.20. The molecule has 0 radical (unpaired) electrons. The summed E-state index contributed by atoms with van der Waals surface area (Å²) in [5.74, 6) is 0.348. The molecule has 0 spiro atoms. The van der Waals surface area contributed by atoms with Gasteiger partial charge in [0.15, 0.2) is 0 Å². The molecule has 2 aromatic rings. The van der Waals surface area contributed by atoms with Gasteiger partial charge in [-0.3, -0.25) is 4.79 Å². The first-order chi connectivity index (χ1) is 12.3. The molecule has 0 aromatic heterocycles. The zero-order valence-corrected chi connectivity index (χ0v) is 17.0. The first-order valence-corrected chi connectivity index (χ1v) is 10.4. The van der Waals surface area contributed by atoms with Gasteiger partial charge in [-0.25, -0.2) is 13.1 Å². The highest BCUT2D eigenvalue weighted by atomic mass is 79.9. The molecule has 140 valence electrons. The third kappa shape index (κ3) is 5.82. The van der Waals surface area contributed by atoms with E-state index in [1.807, 2.05) is 26.0 Å². The highest BCUT2D eigenvalue weighted by molar-refractivity contribution is 9.10. The minimum absolute atomic E-state index is 0.0109. The van der Waals surface area contributed by atoms with Crippen molar-refractivity contribution < 1.29 is 17.9 Å². The van der Waals surface area contributed by atoms with Gasteiger partial charge in [0.2, 0.25) is 15.9 Å². The van der Waals surface area contributed by atoms with Gasteiger partial charge in [-0.15, -0.1) is 0 Å². The number of anilines is 1. The van der Waals surface area contributed by atoms with Crippen molar-refractivity contribution in [3.05, 3.63) is 52.5 Å². The summed E-state index contributed by atoms with van der Waals surface area (Å²) in [4.78, 5) is 12.1. The lowest BCUT2D eigenvalue weighted by Crippen LogP contribution is -2.28. The number of amides is 1. The Morgan fingerprint density at radius 2 is 1.85 bits per heavy atom. The van der Waals surface area contributed by atoms with E-state index >= 15 is 0 Å². The number of carbonyl (C=O) groups excluding carboxylic acids is 1. The largest absolute Gasteiger partial charge is 0.494 e. The summed E-state index contributed by atoms with van der Waals surface area (Å²) in [6.07, 6.45) is 0.0335. The molecular formula is C18H21BrN2O4S. The Kier molecular flexibility index (Phi) is 7.19. The van der Waals surface area contributed by atoms with Crippen LogP contribution in [0.4, 0.5) is 5.69 Å². The predicted molar refractivity (Wildman–Crippen MR) is 105 cm³/mol. The fraction of sp³-hybridized carbons (Fsp3) is 0.278. The van der Waals surface area contributed by atoms with Crippen molar-refractivity contribution in [1.29, 1.82) is 0 Å². The molecule has 2 N–H and O–H groups in total. The molecule has 26 heavy (non-hydrogen) atoms. The first kappa shape index (κ1) is 20.4. The summed E-state index contributed by atoms with van der Waals surface area (Å²) in [5.41, 5.74) is 1.62. The second-order valence-corrected chi connectivity index (χ2v) is 8.24. The molecule has 0 bridgehead atoms. The van der Waals surface area contributed by atoms with Gasteiger partial charge in [-0.1, -0.05) is 15.9 Å². The van der Waals surface area contributed by atoms with E-state index in [0.717, 1.165) is 10.0 Å². The molecule has 0 fully saturated rings. The van der Waals surface area contributed by atoms with Crippen LogP contribution in [-0.4, -0.2) is 27.5 Å². The van der Waals surface area contributed by atoms with Gasteiger partial charge in [0.25, 0.3) is 0 Å². The second kappa shape index (κ2) is 9.16. The minimum Gasteiger partial charge on any atom is -0.494 e. The van der Waals surface area contributed by atoms with Crippen LogP contribution in [0, 0.1) is 6.92 Å². The van der Waals surface area contributed by atoms with E-state index in [1.165, 1.54) is 12.1 Å². The van der Waals surface area contributed by atoms with E-state index in [1.54, 1.807) is 18.2 Å². The van der Waals surface area contributed by atoms with Crippen LogP contribution >= 0.6 is 15.9 Å². The number of rotatable bonds is 8. The Morgan fingerprint density at radius 3 is 2.46 bits per heavy atom. The van der Waals surface area contributed by atoms with Crippen molar-refractivity contribution in [1.82, 2.24) is 4.72 Å². The number of sulfonamides is 1. The van der Waals surface area contributed by atoms with Crippen molar-refractivity contribution in [3.63, 3.8) is 0 Å². The number of halogens is 1. The van der Waals surface area contributed by atoms with E-state index in [2.05, 4.69) is 26.0 Å². The number of ether oxygens (including phenoxy) is 1. The molecule has 0 unspecified atom stereocenters. The number of hydrogen-bond donors (Lipinski definition) is 2. The minimum atomic E-state index is -3.67. The van der Waals surface area contributed by atoms with Gasteiger partial charge in [0.1, 0.15) is 5.75 Å². The van der Waals surface area contributed by atoms with Gasteiger partial charge >= 0.3 is 0 Å². The molecule has 0 saturated carbocycles. The van der Waals surface area contributed by atoms with E-state index in [9.17, 15) is 13.2 Å². The zero-order chi connectivity index (χ0) is 19.2. The highest BCUT2D eigenvalue weighted by Gasteiger charge is 2.14. The Hall–Kier alpha value is -1.90. The predicted octanol–water partition coefficient (Wildman–Crippen LogP) is 3.46. The van der Waals surface area contributed by atoms with Crippen LogP contribution in [0.5, 0.6) is 5.75 Å². The van der Waals surface area contributed by atoms with E-state index in [4.69, 9.17) is 4.74 Å². The van der Waals surface area contributed by atoms with Crippen molar-refractivity contribution in [3.8, 4) is 5.75 Å². The molecule has 0 aliphatic heterocycles. The van der Waals surface area contributed by atoms with E-state index < -0.39 is 10.0 Å². The van der Waals surface area contributed by atoms with Gasteiger partial charge in [-0.05, 0) is 61.9 Å². The molecule has 0 saturated heterocycles. The smallest absolute Gasteiger partial charge is 0.240 e. The molecular weight excluding hydrogens is 420 g/mol. The molecule has 2 rings (SSSR count).